The van der Waals surface area contributed by atoms with Gasteiger partial charge in [0.2, 0.25) is 5.91 Å². The number of carbonyl (C=O) groups is 2. The third-order valence-corrected chi connectivity index (χ3v) is 7.07. The van der Waals surface area contributed by atoms with Crippen LogP contribution in [0.3, 0.4) is 0 Å². The van der Waals surface area contributed by atoms with Gasteiger partial charge in [-0.05, 0) is 43.2 Å². The monoisotopic (exact) mass is 456 g/mol. The number of anilines is 2. The van der Waals surface area contributed by atoms with Crippen molar-refractivity contribution in [3.05, 3.63) is 70.2 Å². The van der Waals surface area contributed by atoms with Crippen LogP contribution in [0.2, 0.25) is 0 Å². The molecule has 1 amide bonds. The minimum Gasteiger partial charge on any atom is -0.456 e. The van der Waals surface area contributed by atoms with Gasteiger partial charge < -0.3 is 4.74 Å². The highest BCUT2D eigenvalue weighted by atomic mass is 32.2. The highest BCUT2D eigenvalue weighted by Gasteiger charge is 2.21. The maximum absolute atomic E-state index is 12.6. The molecule has 0 spiro atoms. The third-order valence-electron chi connectivity index (χ3n) is 4.83. The lowest BCUT2D eigenvalue weighted by Crippen LogP contribution is -2.23. The summed E-state index contributed by atoms with van der Waals surface area (Å²) in [5, 5.41) is 2.28. The molecule has 3 aromatic rings. The second-order valence-corrected chi connectivity index (χ2v) is 9.45. The molecule has 3 rings (SSSR count). The van der Waals surface area contributed by atoms with Crippen molar-refractivity contribution < 1.29 is 18.5 Å². The number of aryl methyl sites for hydroxylation is 1. The maximum atomic E-state index is 12.6. The number of benzene rings is 2. The molecule has 0 saturated carbocycles. The summed E-state index contributed by atoms with van der Waals surface area (Å²) in [4.78, 5) is 31.5. The van der Waals surface area contributed by atoms with Crippen molar-refractivity contribution in [2.24, 2.45) is 0 Å². The number of thiazole rings is 1. The van der Waals surface area contributed by atoms with E-state index in [1.807, 2.05) is 32.0 Å². The van der Waals surface area contributed by atoms with Gasteiger partial charge in [-0.2, -0.15) is 0 Å². The number of nitrogens with zero attached hydrogens (tertiary/aromatic N) is 2. The van der Waals surface area contributed by atoms with E-state index in [4.69, 9.17) is 4.74 Å². The molecule has 31 heavy (non-hydrogen) atoms. The zero-order chi connectivity index (χ0) is 22.5. The van der Waals surface area contributed by atoms with E-state index in [-0.39, 0.29) is 12.5 Å². The summed E-state index contributed by atoms with van der Waals surface area (Å²) >= 11 is 1.31. The van der Waals surface area contributed by atoms with Gasteiger partial charge in [0, 0.05) is 18.1 Å². The number of amides is 1. The molecule has 1 unspecified atom stereocenters. The number of rotatable bonds is 7. The van der Waals surface area contributed by atoms with Gasteiger partial charge in [0.1, 0.15) is 6.61 Å². The molecule has 0 N–H and O–H groups in total. The number of hydrogen-bond donors (Lipinski definition) is 0. The molecule has 0 saturated heterocycles. The average molecular weight is 457 g/mol. The molecule has 8 heteroatoms. The van der Waals surface area contributed by atoms with Gasteiger partial charge >= 0.3 is 5.97 Å². The zero-order valence-electron chi connectivity index (χ0n) is 17.9. The van der Waals surface area contributed by atoms with E-state index in [9.17, 15) is 13.8 Å². The van der Waals surface area contributed by atoms with Gasteiger partial charge in [0.15, 0.2) is 5.13 Å². The Morgan fingerprint density at radius 3 is 2.58 bits per heavy atom. The number of esters is 1. The predicted octanol–water partition coefficient (Wildman–Crippen LogP) is 4.93. The first kappa shape index (κ1) is 22.8. The zero-order valence-corrected chi connectivity index (χ0v) is 19.5. The lowest BCUT2D eigenvalue weighted by Gasteiger charge is -2.21. The van der Waals surface area contributed by atoms with Crippen LogP contribution in [0, 0.1) is 13.8 Å². The molecule has 0 fully saturated rings. The van der Waals surface area contributed by atoms with Gasteiger partial charge in [0.25, 0.3) is 0 Å². The summed E-state index contributed by atoms with van der Waals surface area (Å²) < 4.78 is 17.6. The van der Waals surface area contributed by atoms with E-state index in [1.54, 1.807) is 41.5 Å². The van der Waals surface area contributed by atoms with Crippen molar-refractivity contribution in [3.63, 3.8) is 0 Å². The summed E-state index contributed by atoms with van der Waals surface area (Å²) in [6.45, 7) is 7.21. The Morgan fingerprint density at radius 2 is 1.87 bits per heavy atom. The van der Waals surface area contributed by atoms with E-state index in [2.05, 4.69) is 4.98 Å². The largest absolute Gasteiger partial charge is 0.456 e. The second kappa shape index (κ2) is 9.98. The molecule has 1 aromatic heterocycles. The Kier molecular flexibility index (Phi) is 7.35. The van der Waals surface area contributed by atoms with Crippen molar-refractivity contribution in [2.45, 2.75) is 39.2 Å². The Labute approximate surface area is 188 Å². The van der Waals surface area contributed by atoms with Gasteiger partial charge in [0.05, 0.1) is 32.6 Å². The van der Waals surface area contributed by atoms with E-state index >= 15 is 0 Å². The molecule has 162 valence electrons. The first-order chi connectivity index (χ1) is 14.8. The summed E-state index contributed by atoms with van der Waals surface area (Å²) in [6, 6.07) is 12.5. The maximum Gasteiger partial charge on any atom is 0.339 e. The van der Waals surface area contributed by atoms with Crippen LogP contribution in [0.15, 0.2) is 52.7 Å². The molecule has 0 aliphatic carbocycles. The standard InChI is InChI=1S/C23H24N2O4S2/c1-5-31(28)21-12-7-6-10-19(21)22(27)29-13-18-14-30-23(24-18)25(17(4)26)20-11-8-9-15(2)16(20)3/h6-12,14H,5,13H2,1-4H3. The minimum atomic E-state index is -1.26. The second-order valence-electron chi connectivity index (χ2n) is 6.90. The van der Waals surface area contributed by atoms with Gasteiger partial charge in [-0.15, -0.1) is 11.3 Å². The number of hydrogen-bond acceptors (Lipinski definition) is 6. The summed E-state index contributed by atoms with van der Waals surface area (Å²) in [5.41, 5.74) is 3.69. The lowest BCUT2D eigenvalue weighted by molar-refractivity contribution is -0.115. The van der Waals surface area contributed by atoms with Crippen molar-refractivity contribution in [3.8, 4) is 0 Å². The molecule has 0 bridgehead atoms. The third kappa shape index (κ3) is 5.08. The lowest BCUT2D eigenvalue weighted by atomic mass is 10.1. The number of carbonyl (C=O) groups excluding carboxylic acids is 2. The van der Waals surface area contributed by atoms with E-state index in [0.29, 0.717) is 27.0 Å². The van der Waals surface area contributed by atoms with E-state index < -0.39 is 16.8 Å². The van der Waals surface area contributed by atoms with Crippen molar-refractivity contribution in [1.29, 1.82) is 0 Å². The fourth-order valence-electron chi connectivity index (χ4n) is 3.06. The molecular formula is C23H24N2O4S2. The van der Waals surface area contributed by atoms with Crippen molar-refractivity contribution >= 4 is 44.8 Å². The smallest absolute Gasteiger partial charge is 0.339 e. The Hall–Kier alpha value is -2.84. The number of ether oxygens (including phenoxy) is 1. The van der Waals surface area contributed by atoms with Crippen LogP contribution in [-0.2, 0) is 26.9 Å². The molecular weight excluding hydrogens is 432 g/mol. The van der Waals surface area contributed by atoms with Gasteiger partial charge in [-0.25, -0.2) is 9.78 Å². The Morgan fingerprint density at radius 1 is 1.13 bits per heavy atom. The van der Waals surface area contributed by atoms with Crippen LogP contribution >= 0.6 is 11.3 Å². The SMILES string of the molecule is CCS(=O)c1ccccc1C(=O)OCc1csc(N(C(C)=O)c2cccc(C)c2C)n1. The van der Waals surface area contributed by atoms with E-state index in [1.165, 1.54) is 18.3 Å². The van der Waals surface area contributed by atoms with Gasteiger partial charge in [-0.1, -0.05) is 31.2 Å². The van der Waals surface area contributed by atoms with E-state index in [0.717, 1.165) is 16.8 Å². The molecule has 0 aliphatic heterocycles. The first-order valence-corrected chi connectivity index (χ1v) is 12.0. The topological polar surface area (TPSA) is 76.6 Å². The molecule has 1 atom stereocenters. The quantitative estimate of drug-likeness (QED) is 0.471. The first-order valence-electron chi connectivity index (χ1n) is 9.79. The minimum absolute atomic E-state index is 0.0407. The van der Waals surface area contributed by atoms with Crippen molar-refractivity contribution in [1.82, 2.24) is 4.98 Å². The summed E-state index contributed by atoms with van der Waals surface area (Å²) in [5.74, 6) is -0.286. The molecule has 0 radical (unpaired) electrons. The molecule has 0 aliphatic rings. The van der Waals surface area contributed by atoms with Crippen LogP contribution in [0.4, 0.5) is 10.8 Å². The summed E-state index contributed by atoms with van der Waals surface area (Å²) in [7, 11) is -1.26. The highest BCUT2D eigenvalue weighted by molar-refractivity contribution is 7.85. The molecule has 1 heterocycles. The van der Waals surface area contributed by atoms with Gasteiger partial charge in [-0.3, -0.25) is 13.9 Å². The van der Waals surface area contributed by atoms with Crippen LogP contribution in [0.5, 0.6) is 0 Å². The van der Waals surface area contributed by atoms with Crippen LogP contribution in [0.1, 0.15) is 41.0 Å². The fourth-order valence-corrected chi connectivity index (χ4v) is 4.86. The predicted molar refractivity (Wildman–Crippen MR) is 123 cm³/mol. The Balaban J connectivity index is 1.78. The van der Waals surface area contributed by atoms with Crippen LogP contribution < -0.4 is 4.90 Å². The normalized spacial score (nSPS) is 11.7. The number of aromatic nitrogens is 1. The average Bonchev–Trinajstić information content (AvgIpc) is 3.22. The highest BCUT2D eigenvalue weighted by Crippen LogP contribution is 2.32. The van der Waals surface area contributed by atoms with Crippen LogP contribution in [0.25, 0.3) is 0 Å². The fraction of sp³-hybridized carbons (Fsp3) is 0.261. The van der Waals surface area contributed by atoms with Crippen molar-refractivity contribution in [2.75, 3.05) is 10.7 Å². The van der Waals surface area contributed by atoms with Crippen LogP contribution in [-0.4, -0.2) is 26.8 Å². The molecule has 6 nitrogen and oxygen atoms in total. The Bertz CT molecular complexity index is 1140. The molecule has 2 aromatic carbocycles. The summed E-state index contributed by atoms with van der Waals surface area (Å²) in [6.07, 6.45) is 0.